The van der Waals surface area contributed by atoms with Gasteiger partial charge in [0.2, 0.25) is 5.91 Å². The van der Waals surface area contributed by atoms with Crippen LogP contribution in [-0.4, -0.2) is 28.0 Å². The number of rotatable bonds is 10. The van der Waals surface area contributed by atoms with E-state index in [9.17, 15) is 9.59 Å². The topological polar surface area (TPSA) is 73.2 Å². The monoisotopic (exact) mass is 445 g/mol. The Morgan fingerprint density at radius 3 is 2.27 bits per heavy atom. The maximum Gasteiger partial charge on any atom is 0.313 e. The van der Waals surface area contributed by atoms with Crippen molar-refractivity contribution in [2.45, 2.75) is 58.4 Å². The second-order valence-corrected chi connectivity index (χ2v) is 8.37. The van der Waals surface area contributed by atoms with Gasteiger partial charge in [0.05, 0.1) is 12.5 Å². The molecule has 2 aromatic carbocycles. The quantitative estimate of drug-likeness (QED) is 0.339. The summed E-state index contributed by atoms with van der Waals surface area (Å²) in [4.78, 5) is 30.1. The van der Waals surface area contributed by atoms with E-state index in [0.29, 0.717) is 18.2 Å². The van der Waals surface area contributed by atoms with Gasteiger partial charge in [-0.1, -0.05) is 74.7 Å². The average Bonchev–Trinajstić information content (AvgIpc) is 3.35. The molecule has 0 radical (unpaired) electrons. The van der Waals surface area contributed by atoms with Gasteiger partial charge in [0.1, 0.15) is 12.2 Å². The first kappa shape index (κ1) is 22.8. The van der Waals surface area contributed by atoms with Crippen LogP contribution in [0.25, 0.3) is 11.1 Å². The molecule has 1 aliphatic rings. The number of esters is 1. The van der Waals surface area contributed by atoms with Crippen LogP contribution in [-0.2, 0) is 27.3 Å². The van der Waals surface area contributed by atoms with Gasteiger partial charge in [-0.3, -0.25) is 9.59 Å². The first-order valence-electron chi connectivity index (χ1n) is 11.8. The molecule has 33 heavy (non-hydrogen) atoms. The van der Waals surface area contributed by atoms with Crippen molar-refractivity contribution in [1.29, 1.82) is 0 Å². The highest BCUT2D eigenvalue weighted by Gasteiger charge is 2.33. The van der Waals surface area contributed by atoms with Gasteiger partial charge in [0.25, 0.3) is 0 Å². The predicted octanol–water partition coefficient (Wildman–Crippen LogP) is 5.32. The normalized spacial score (nSPS) is 12.3. The van der Waals surface area contributed by atoms with Crippen molar-refractivity contribution < 1.29 is 14.3 Å². The minimum Gasteiger partial charge on any atom is -0.466 e. The highest BCUT2D eigenvalue weighted by atomic mass is 16.5. The number of fused-ring (bicyclic) bond motifs is 3. The van der Waals surface area contributed by atoms with E-state index in [1.165, 1.54) is 6.42 Å². The maximum atomic E-state index is 13.4. The van der Waals surface area contributed by atoms with Crippen molar-refractivity contribution in [2.24, 2.45) is 0 Å². The fraction of sp³-hybridized carbons (Fsp3) is 0.370. The van der Waals surface area contributed by atoms with Gasteiger partial charge in [-0.2, -0.15) is 0 Å². The summed E-state index contributed by atoms with van der Waals surface area (Å²) in [6.07, 6.45) is 6.37. The van der Waals surface area contributed by atoms with E-state index in [4.69, 9.17) is 4.74 Å². The molecule has 0 unspecified atom stereocenters. The van der Waals surface area contributed by atoms with E-state index in [-0.39, 0.29) is 24.2 Å². The van der Waals surface area contributed by atoms with Crippen LogP contribution in [0.5, 0.6) is 0 Å². The highest BCUT2D eigenvalue weighted by Crippen LogP contribution is 2.44. The average molecular weight is 446 g/mol. The van der Waals surface area contributed by atoms with E-state index in [2.05, 4.69) is 29.4 Å². The van der Waals surface area contributed by atoms with Crippen molar-refractivity contribution >= 4 is 17.7 Å². The summed E-state index contributed by atoms with van der Waals surface area (Å²) in [5, 5.41) is 3.01. The molecule has 1 heterocycles. The standard InChI is InChI=1S/C27H31N3O3/c1-3-5-6-11-16-30-18-23(28-24(30)17-25(31)33-4-2)29-27(32)26-21-14-9-7-12-19(21)20-13-8-10-15-22(20)26/h7-10,12-15,18,26H,3-6,11,16-17H2,1-2H3,(H,29,32). The Morgan fingerprint density at radius 1 is 0.970 bits per heavy atom. The number of unbranched alkanes of at least 4 members (excludes halogenated alkanes) is 3. The smallest absolute Gasteiger partial charge is 0.313 e. The number of imidazole rings is 1. The SMILES string of the molecule is CCCCCCn1cc(NC(=O)C2c3ccccc3-c3ccccc32)nc1CC(=O)OCC. The second kappa shape index (κ2) is 10.5. The van der Waals surface area contributed by atoms with Crippen LogP contribution in [0.4, 0.5) is 5.82 Å². The third kappa shape index (κ3) is 5.00. The molecular weight excluding hydrogens is 414 g/mol. The molecular formula is C27H31N3O3. The lowest BCUT2D eigenvalue weighted by molar-refractivity contribution is -0.142. The Kier molecular flexibility index (Phi) is 7.23. The van der Waals surface area contributed by atoms with Crippen molar-refractivity contribution in [1.82, 2.24) is 9.55 Å². The van der Waals surface area contributed by atoms with Gasteiger partial charge in [-0.05, 0) is 35.6 Å². The number of ether oxygens (including phenoxy) is 1. The van der Waals surface area contributed by atoms with E-state index < -0.39 is 0 Å². The van der Waals surface area contributed by atoms with Crippen LogP contribution >= 0.6 is 0 Å². The summed E-state index contributed by atoms with van der Waals surface area (Å²) in [5.41, 5.74) is 4.19. The summed E-state index contributed by atoms with van der Waals surface area (Å²) in [6, 6.07) is 16.1. The van der Waals surface area contributed by atoms with Gasteiger partial charge in [-0.25, -0.2) is 4.98 Å². The lowest BCUT2D eigenvalue weighted by Crippen LogP contribution is -2.20. The molecule has 0 bridgehead atoms. The molecule has 172 valence electrons. The molecule has 0 spiro atoms. The number of aromatic nitrogens is 2. The molecule has 1 aromatic heterocycles. The Morgan fingerprint density at radius 2 is 1.64 bits per heavy atom. The number of carbonyl (C=O) groups is 2. The van der Waals surface area contributed by atoms with Crippen molar-refractivity contribution in [2.75, 3.05) is 11.9 Å². The molecule has 4 rings (SSSR count). The molecule has 0 aliphatic heterocycles. The zero-order valence-corrected chi connectivity index (χ0v) is 19.3. The van der Waals surface area contributed by atoms with E-state index >= 15 is 0 Å². The van der Waals surface area contributed by atoms with Gasteiger partial charge in [-0.15, -0.1) is 0 Å². The van der Waals surface area contributed by atoms with E-state index in [1.807, 2.05) is 47.2 Å². The maximum absolute atomic E-state index is 13.4. The van der Waals surface area contributed by atoms with Crippen LogP contribution in [0.1, 0.15) is 62.4 Å². The minimum absolute atomic E-state index is 0.0899. The molecule has 6 nitrogen and oxygen atoms in total. The first-order chi connectivity index (χ1) is 16.1. The van der Waals surface area contributed by atoms with Gasteiger partial charge < -0.3 is 14.6 Å². The van der Waals surface area contributed by atoms with Crippen LogP contribution in [0.15, 0.2) is 54.7 Å². The molecule has 3 aromatic rings. The van der Waals surface area contributed by atoms with Crippen LogP contribution in [0.3, 0.4) is 0 Å². The van der Waals surface area contributed by atoms with Gasteiger partial charge >= 0.3 is 5.97 Å². The number of benzene rings is 2. The molecule has 6 heteroatoms. The van der Waals surface area contributed by atoms with Crippen molar-refractivity contribution in [3.63, 3.8) is 0 Å². The Hall–Kier alpha value is -3.41. The number of nitrogens with one attached hydrogen (secondary N) is 1. The number of hydrogen-bond donors (Lipinski definition) is 1. The molecule has 0 saturated carbocycles. The first-order valence-corrected chi connectivity index (χ1v) is 11.8. The third-order valence-electron chi connectivity index (χ3n) is 6.07. The molecule has 1 amide bonds. The van der Waals surface area contributed by atoms with Crippen LogP contribution < -0.4 is 5.32 Å². The zero-order chi connectivity index (χ0) is 23.2. The van der Waals surface area contributed by atoms with Crippen molar-refractivity contribution in [3.8, 4) is 11.1 Å². The lowest BCUT2D eigenvalue weighted by Gasteiger charge is -2.12. The zero-order valence-electron chi connectivity index (χ0n) is 19.3. The largest absolute Gasteiger partial charge is 0.466 e. The lowest BCUT2D eigenvalue weighted by atomic mass is 9.96. The van der Waals surface area contributed by atoms with E-state index in [1.54, 1.807) is 6.92 Å². The third-order valence-corrected chi connectivity index (χ3v) is 6.07. The fourth-order valence-electron chi connectivity index (χ4n) is 4.54. The molecule has 0 atom stereocenters. The van der Waals surface area contributed by atoms with Gasteiger partial charge in [0.15, 0.2) is 5.82 Å². The predicted molar refractivity (Wildman–Crippen MR) is 129 cm³/mol. The van der Waals surface area contributed by atoms with Crippen LogP contribution in [0.2, 0.25) is 0 Å². The van der Waals surface area contributed by atoms with E-state index in [0.717, 1.165) is 48.1 Å². The van der Waals surface area contributed by atoms with Gasteiger partial charge in [0, 0.05) is 12.7 Å². The summed E-state index contributed by atoms with van der Waals surface area (Å²) in [6.45, 7) is 5.06. The summed E-state index contributed by atoms with van der Waals surface area (Å²) in [5.74, 6) is 0.268. The molecule has 0 fully saturated rings. The number of anilines is 1. The summed E-state index contributed by atoms with van der Waals surface area (Å²) in [7, 11) is 0. The Balaban J connectivity index is 1.56. The second-order valence-electron chi connectivity index (χ2n) is 8.37. The molecule has 1 N–H and O–H groups in total. The van der Waals surface area contributed by atoms with Crippen LogP contribution in [0, 0.1) is 0 Å². The number of hydrogen-bond acceptors (Lipinski definition) is 4. The van der Waals surface area contributed by atoms with Crippen molar-refractivity contribution in [3.05, 3.63) is 71.7 Å². The number of amides is 1. The summed E-state index contributed by atoms with van der Waals surface area (Å²) < 4.78 is 7.08. The number of nitrogens with zero attached hydrogens (tertiary/aromatic N) is 2. The highest BCUT2D eigenvalue weighted by molar-refractivity contribution is 6.02. The molecule has 1 aliphatic carbocycles. The Labute approximate surface area is 195 Å². The number of carbonyl (C=O) groups excluding carboxylic acids is 2. The molecule has 0 saturated heterocycles. The Bertz CT molecular complexity index is 1090. The summed E-state index contributed by atoms with van der Waals surface area (Å²) >= 11 is 0. The fourth-order valence-corrected chi connectivity index (χ4v) is 4.54. The number of aryl methyl sites for hydroxylation is 1. The minimum atomic E-state index is -0.388.